The van der Waals surface area contributed by atoms with Crippen LogP contribution in [-0.2, 0) is 9.47 Å². The van der Waals surface area contributed by atoms with Crippen LogP contribution in [0.4, 0.5) is 0 Å². The minimum Gasteiger partial charge on any atom is -0.383 e. The van der Waals surface area contributed by atoms with E-state index in [2.05, 4.69) is 19.2 Å². The number of methoxy groups -OCH3 is 1. The molecule has 1 unspecified atom stereocenters. The average molecular weight is 241 g/mol. The van der Waals surface area contributed by atoms with Crippen LogP contribution in [0.2, 0.25) is 0 Å². The molecule has 0 amide bonds. The third-order valence-electron chi connectivity index (χ3n) is 4.15. The first kappa shape index (κ1) is 13.3. The normalized spacial score (nSPS) is 29.5. The van der Waals surface area contributed by atoms with Gasteiger partial charge in [-0.3, -0.25) is 0 Å². The molecule has 3 heteroatoms. The van der Waals surface area contributed by atoms with Crippen LogP contribution in [0.25, 0.3) is 0 Å². The highest BCUT2D eigenvalue weighted by Gasteiger charge is 2.46. The predicted octanol–water partition coefficient (Wildman–Crippen LogP) is 2.35. The molecule has 3 nitrogen and oxygen atoms in total. The monoisotopic (exact) mass is 241 g/mol. The fraction of sp³-hybridized carbons (Fsp3) is 1.00. The van der Waals surface area contributed by atoms with Crippen LogP contribution >= 0.6 is 0 Å². The van der Waals surface area contributed by atoms with Crippen LogP contribution in [0.1, 0.15) is 46.0 Å². The van der Waals surface area contributed by atoms with E-state index in [1.54, 1.807) is 7.11 Å². The lowest BCUT2D eigenvalue weighted by Gasteiger charge is -2.23. The lowest BCUT2D eigenvalue weighted by Crippen LogP contribution is -2.30. The van der Waals surface area contributed by atoms with Crippen molar-refractivity contribution in [3.05, 3.63) is 0 Å². The molecule has 2 aliphatic rings. The molecule has 1 saturated heterocycles. The average Bonchev–Trinajstić information content (AvgIpc) is 2.93. The van der Waals surface area contributed by atoms with E-state index in [1.807, 2.05) is 0 Å². The second-order valence-electron chi connectivity index (χ2n) is 6.41. The fourth-order valence-corrected chi connectivity index (χ4v) is 2.86. The molecule has 0 radical (unpaired) electrons. The molecule has 0 aromatic rings. The number of ether oxygens (including phenoxy) is 2. The maximum absolute atomic E-state index is 6.10. The zero-order valence-corrected chi connectivity index (χ0v) is 11.6. The highest BCUT2D eigenvalue weighted by Crippen LogP contribution is 2.51. The molecule has 1 saturated carbocycles. The molecule has 17 heavy (non-hydrogen) atoms. The summed E-state index contributed by atoms with van der Waals surface area (Å²) in [6, 6.07) is 0. The Morgan fingerprint density at radius 3 is 2.59 bits per heavy atom. The summed E-state index contributed by atoms with van der Waals surface area (Å²) in [7, 11) is 1.75. The van der Waals surface area contributed by atoms with E-state index in [1.165, 1.54) is 32.1 Å². The van der Waals surface area contributed by atoms with Crippen LogP contribution < -0.4 is 5.32 Å². The molecule has 1 atom stereocenters. The second kappa shape index (κ2) is 5.25. The first-order valence-electron chi connectivity index (χ1n) is 6.93. The Morgan fingerprint density at radius 2 is 2.06 bits per heavy atom. The van der Waals surface area contributed by atoms with E-state index in [-0.39, 0.29) is 5.60 Å². The van der Waals surface area contributed by atoms with Crippen LogP contribution in [0, 0.1) is 5.41 Å². The zero-order chi connectivity index (χ0) is 12.4. The van der Waals surface area contributed by atoms with Crippen molar-refractivity contribution >= 4 is 0 Å². The molecule has 0 aromatic carbocycles. The van der Waals surface area contributed by atoms with Crippen molar-refractivity contribution in [3.8, 4) is 0 Å². The molecule has 2 fully saturated rings. The smallest absolute Gasteiger partial charge is 0.0631 e. The van der Waals surface area contributed by atoms with Gasteiger partial charge in [0, 0.05) is 20.2 Å². The number of nitrogens with one attached hydrogen (secondary N) is 1. The molecule has 1 N–H and O–H groups in total. The topological polar surface area (TPSA) is 30.5 Å². The van der Waals surface area contributed by atoms with Crippen molar-refractivity contribution in [1.29, 1.82) is 0 Å². The van der Waals surface area contributed by atoms with Gasteiger partial charge in [-0.1, -0.05) is 0 Å². The molecule has 0 spiro atoms. The Kier molecular flexibility index (Phi) is 4.11. The Bertz CT molecular complexity index is 249. The first-order chi connectivity index (χ1) is 8.05. The van der Waals surface area contributed by atoms with Gasteiger partial charge in [-0.25, -0.2) is 0 Å². The summed E-state index contributed by atoms with van der Waals surface area (Å²) < 4.78 is 11.2. The highest BCUT2D eigenvalue weighted by atomic mass is 16.5. The summed E-state index contributed by atoms with van der Waals surface area (Å²) in [6.07, 6.45) is 6.94. The number of hydrogen-bond acceptors (Lipinski definition) is 3. The highest BCUT2D eigenvalue weighted by molar-refractivity contribution is 4.98. The standard InChI is InChI=1S/C14H27NO2/c1-13(2)5-4-12(17-13)10-14(6-7-14)11-15-8-9-16-3/h12,15H,4-11H2,1-3H3. The third kappa shape index (κ3) is 3.94. The fourth-order valence-electron chi connectivity index (χ4n) is 2.86. The summed E-state index contributed by atoms with van der Waals surface area (Å²) >= 11 is 0. The predicted molar refractivity (Wildman–Crippen MR) is 69.2 cm³/mol. The van der Waals surface area contributed by atoms with Crippen molar-refractivity contribution in [2.45, 2.75) is 57.7 Å². The molecule has 1 aliphatic heterocycles. The van der Waals surface area contributed by atoms with Crippen LogP contribution in [0.3, 0.4) is 0 Å². The van der Waals surface area contributed by atoms with Crippen LogP contribution in [0.15, 0.2) is 0 Å². The van der Waals surface area contributed by atoms with E-state index < -0.39 is 0 Å². The second-order valence-corrected chi connectivity index (χ2v) is 6.41. The lowest BCUT2D eigenvalue weighted by atomic mass is 9.96. The van der Waals surface area contributed by atoms with Gasteiger partial charge in [-0.15, -0.1) is 0 Å². The van der Waals surface area contributed by atoms with Gasteiger partial charge < -0.3 is 14.8 Å². The summed E-state index contributed by atoms with van der Waals surface area (Å²) in [4.78, 5) is 0. The van der Waals surface area contributed by atoms with Crippen molar-refractivity contribution in [1.82, 2.24) is 5.32 Å². The van der Waals surface area contributed by atoms with Gasteiger partial charge in [-0.05, 0) is 51.4 Å². The van der Waals surface area contributed by atoms with Crippen LogP contribution in [-0.4, -0.2) is 38.5 Å². The van der Waals surface area contributed by atoms with E-state index >= 15 is 0 Å². The van der Waals surface area contributed by atoms with Gasteiger partial charge in [0.1, 0.15) is 0 Å². The molecule has 2 rings (SSSR count). The van der Waals surface area contributed by atoms with Gasteiger partial charge in [0.25, 0.3) is 0 Å². The van der Waals surface area contributed by atoms with Crippen molar-refractivity contribution in [2.24, 2.45) is 5.41 Å². The Balaban J connectivity index is 1.68. The van der Waals surface area contributed by atoms with E-state index in [4.69, 9.17) is 9.47 Å². The molecule has 1 heterocycles. The molecule has 1 aliphatic carbocycles. The molecule has 0 aromatic heterocycles. The van der Waals surface area contributed by atoms with E-state index in [0.29, 0.717) is 11.5 Å². The van der Waals surface area contributed by atoms with Gasteiger partial charge >= 0.3 is 0 Å². The van der Waals surface area contributed by atoms with Gasteiger partial charge in [0.05, 0.1) is 18.3 Å². The lowest BCUT2D eigenvalue weighted by molar-refractivity contribution is -0.0264. The Hall–Kier alpha value is -0.120. The Labute approximate surface area is 105 Å². The largest absolute Gasteiger partial charge is 0.383 e. The minimum absolute atomic E-state index is 0.115. The van der Waals surface area contributed by atoms with Crippen molar-refractivity contribution in [2.75, 3.05) is 26.8 Å². The number of rotatable bonds is 7. The first-order valence-corrected chi connectivity index (χ1v) is 6.93. The summed E-state index contributed by atoms with van der Waals surface area (Å²) in [5.74, 6) is 0. The molecular weight excluding hydrogens is 214 g/mol. The summed E-state index contributed by atoms with van der Waals surface area (Å²) in [5, 5.41) is 3.50. The van der Waals surface area contributed by atoms with Crippen molar-refractivity contribution < 1.29 is 9.47 Å². The van der Waals surface area contributed by atoms with Gasteiger partial charge in [0.2, 0.25) is 0 Å². The maximum Gasteiger partial charge on any atom is 0.0631 e. The Morgan fingerprint density at radius 1 is 1.29 bits per heavy atom. The quantitative estimate of drug-likeness (QED) is 0.694. The van der Waals surface area contributed by atoms with Crippen LogP contribution in [0.5, 0.6) is 0 Å². The zero-order valence-electron chi connectivity index (χ0n) is 11.6. The summed E-state index contributed by atoms with van der Waals surface area (Å²) in [6.45, 7) is 7.34. The molecule has 0 bridgehead atoms. The third-order valence-corrected chi connectivity index (χ3v) is 4.15. The van der Waals surface area contributed by atoms with E-state index in [9.17, 15) is 0 Å². The van der Waals surface area contributed by atoms with E-state index in [0.717, 1.165) is 19.7 Å². The van der Waals surface area contributed by atoms with Gasteiger partial charge in [-0.2, -0.15) is 0 Å². The number of hydrogen-bond donors (Lipinski definition) is 1. The molecule has 100 valence electrons. The minimum atomic E-state index is 0.115. The maximum atomic E-state index is 6.10. The summed E-state index contributed by atoms with van der Waals surface area (Å²) in [5.41, 5.74) is 0.656. The SMILES string of the molecule is COCCNCC1(CC2CCC(C)(C)O2)CC1. The van der Waals surface area contributed by atoms with Gasteiger partial charge in [0.15, 0.2) is 0 Å². The molecular formula is C14H27NO2. The van der Waals surface area contributed by atoms with Crippen molar-refractivity contribution in [3.63, 3.8) is 0 Å².